The quantitative estimate of drug-likeness (QED) is 0.895. The maximum Gasteiger partial charge on any atom is 0.410 e. The fourth-order valence-electron chi connectivity index (χ4n) is 3.43. The highest BCUT2D eigenvalue weighted by atomic mass is 16.6. The van der Waals surface area contributed by atoms with Crippen molar-refractivity contribution in [1.29, 1.82) is 0 Å². The molecule has 1 N–H and O–H groups in total. The molecule has 0 radical (unpaired) electrons. The Balaban J connectivity index is 1.73. The second kappa shape index (κ2) is 7.21. The van der Waals surface area contributed by atoms with E-state index in [0.717, 1.165) is 22.3 Å². The van der Waals surface area contributed by atoms with Crippen LogP contribution in [0.4, 0.5) is 10.5 Å². The summed E-state index contributed by atoms with van der Waals surface area (Å²) < 4.78 is 5.43. The third-order valence-corrected chi connectivity index (χ3v) is 4.81. The topological polar surface area (TPSA) is 78.5 Å². The molecule has 0 aliphatic carbocycles. The van der Waals surface area contributed by atoms with Crippen LogP contribution in [0.25, 0.3) is 10.9 Å². The van der Waals surface area contributed by atoms with Crippen LogP contribution in [0.5, 0.6) is 0 Å². The number of fused-ring (bicyclic) bond motifs is 1. The minimum Gasteiger partial charge on any atom is -0.444 e. The number of hydrogen-bond donors (Lipinski definition) is 1. The van der Waals surface area contributed by atoms with Crippen molar-refractivity contribution in [1.82, 2.24) is 15.1 Å². The van der Waals surface area contributed by atoms with Crippen LogP contribution in [0.3, 0.4) is 0 Å². The number of nitrogens with zero attached hydrogens (tertiary/aromatic N) is 3. The zero-order chi connectivity index (χ0) is 19.8. The summed E-state index contributed by atoms with van der Waals surface area (Å²) in [6.07, 6.45) is 0.304. The Bertz CT molecular complexity index is 853. The molecule has 0 saturated carbocycles. The van der Waals surface area contributed by atoms with E-state index in [0.29, 0.717) is 26.1 Å². The molecule has 1 saturated heterocycles. The second-order valence-electron chi connectivity index (χ2n) is 8.04. The van der Waals surface area contributed by atoms with E-state index < -0.39 is 5.60 Å². The summed E-state index contributed by atoms with van der Waals surface area (Å²) in [6, 6.07) is 5.84. The summed E-state index contributed by atoms with van der Waals surface area (Å²) in [4.78, 5) is 28.8. The van der Waals surface area contributed by atoms with E-state index in [1.165, 1.54) is 0 Å². The van der Waals surface area contributed by atoms with Crippen LogP contribution in [0.15, 0.2) is 18.2 Å². The van der Waals surface area contributed by atoms with Crippen LogP contribution in [-0.4, -0.2) is 52.3 Å². The van der Waals surface area contributed by atoms with Gasteiger partial charge in [0.15, 0.2) is 0 Å². The van der Waals surface area contributed by atoms with Crippen molar-refractivity contribution in [2.75, 3.05) is 24.5 Å². The van der Waals surface area contributed by atoms with E-state index in [2.05, 4.69) is 10.2 Å². The van der Waals surface area contributed by atoms with Crippen molar-refractivity contribution in [3.63, 3.8) is 0 Å². The van der Waals surface area contributed by atoms with Crippen LogP contribution < -0.4 is 4.90 Å². The average molecular weight is 372 g/mol. The molecule has 7 nitrogen and oxygen atoms in total. The Morgan fingerprint density at radius 2 is 2.11 bits per heavy atom. The van der Waals surface area contributed by atoms with Gasteiger partial charge in [0.1, 0.15) is 5.60 Å². The largest absolute Gasteiger partial charge is 0.444 e. The van der Waals surface area contributed by atoms with Gasteiger partial charge >= 0.3 is 6.09 Å². The Labute approximate surface area is 159 Å². The molecule has 27 heavy (non-hydrogen) atoms. The zero-order valence-electron chi connectivity index (χ0n) is 16.7. The lowest BCUT2D eigenvalue weighted by molar-refractivity contribution is -0.121. The number of aryl methyl sites for hydroxylation is 1. The Hall–Kier alpha value is -2.57. The predicted molar refractivity (Wildman–Crippen MR) is 105 cm³/mol. The van der Waals surface area contributed by atoms with Gasteiger partial charge < -0.3 is 14.5 Å². The first kappa shape index (κ1) is 19.2. The first-order valence-corrected chi connectivity index (χ1v) is 9.43. The Kier molecular flexibility index (Phi) is 5.13. The number of carbonyl (C=O) groups excluding carboxylic acids is 2. The van der Waals surface area contributed by atoms with E-state index in [4.69, 9.17) is 4.74 Å². The van der Waals surface area contributed by atoms with Crippen LogP contribution in [0.1, 0.15) is 39.8 Å². The number of aromatic nitrogens is 2. The van der Waals surface area contributed by atoms with E-state index in [1.807, 2.05) is 52.8 Å². The number of H-pyrrole nitrogens is 1. The number of hydrogen-bond acceptors (Lipinski definition) is 4. The Morgan fingerprint density at radius 1 is 1.37 bits per heavy atom. The number of ether oxygens (including phenoxy) is 1. The van der Waals surface area contributed by atoms with Crippen molar-refractivity contribution in [3.8, 4) is 0 Å². The lowest BCUT2D eigenvalue weighted by atomic mass is 10.1. The molecule has 1 aliphatic heterocycles. The molecular weight excluding hydrogens is 344 g/mol. The second-order valence-corrected chi connectivity index (χ2v) is 8.04. The van der Waals surface area contributed by atoms with Crippen LogP contribution in [0.2, 0.25) is 0 Å². The highest BCUT2D eigenvalue weighted by Crippen LogP contribution is 2.27. The van der Waals surface area contributed by atoms with Crippen LogP contribution in [0, 0.1) is 12.8 Å². The molecule has 1 aromatic heterocycles. The summed E-state index contributed by atoms with van der Waals surface area (Å²) in [7, 11) is 0. The number of amides is 2. The molecule has 7 heteroatoms. The van der Waals surface area contributed by atoms with E-state index in [9.17, 15) is 9.59 Å². The molecule has 0 bridgehead atoms. The summed E-state index contributed by atoms with van der Waals surface area (Å²) in [5, 5.41) is 8.22. The zero-order valence-corrected chi connectivity index (χ0v) is 16.7. The number of nitrogens with one attached hydrogen (secondary N) is 1. The molecule has 1 atom stereocenters. The molecule has 0 spiro atoms. The predicted octanol–water partition coefficient (Wildman–Crippen LogP) is 3.48. The number of rotatable bonds is 3. The fourth-order valence-corrected chi connectivity index (χ4v) is 3.43. The molecule has 1 fully saturated rings. The third kappa shape index (κ3) is 4.07. The summed E-state index contributed by atoms with van der Waals surface area (Å²) >= 11 is 0. The maximum atomic E-state index is 13.1. The van der Waals surface area contributed by atoms with Gasteiger partial charge in [0.25, 0.3) is 0 Å². The van der Waals surface area contributed by atoms with E-state index >= 15 is 0 Å². The highest BCUT2D eigenvalue weighted by molar-refractivity contribution is 5.98. The van der Waals surface area contributed by atoms with Gasteiger partial charge in [-0.2, -0.15) is 5.10 Å². The Morgan fingerprint density at radius 3 is 2.78 bits per heavy atom. The molecule has 2 heterocycles. The van der Waals surface area contributed by atoms with Crippen molar-refractivity contribution in [2.24, 2.45) is 5.92 Å². The lowest BCUT2D eigenvalue weighted by Gasteiger charge is -2.26. The molecule has 1 aliphatic rings. The van der Waals surface area contributed by atoms with Crippen molar-refractivity contribution >= 4 is 28.6 Å². The number of anilines is 1. The van der Waals surface area contributed by atoms with Crippen molar-refractivity contribution < 1.29 is 14.3 Å². The number of likely N-dealkylation sites (tertiary alicyclic amines) is 1. The minimum atomic E-state index is -0.535. The van der Waals surface area contributed by atoms with E-state index in [1.54, 1.807) is 9.80 Å². The van der Waals surface area contributed by atoms with Gasteiger partial charge in [0, 0.05) is 36.4 Å². The van der Waals surface area contributed by atoms with Gasteiger partial charge in [-0.1, -0.05) is 0 Å². The monoisotopic (exact) mass is 372 g/mol. The first-order chi connectivity index (χ1) is 12.7. The smallest absolute Gasteiger partial charge is 0.410 e. The molecule has 2 aromatic rings. The van der Waals surface area contributed by atoms with Crippen LogP contribution >= 0.6 is 0 Å². The van der Waals surface area contributed by atoms with Crippen LogP contribution in [-0.2, 0) is 9.53 Å². The number of benzene rings is 1. The van der Waals surface area contributed by atoms with Gasteiger partial charge in [0.05, 0.1) is 11.4 Å². The van der Waals surface area contributed by atoms with Crippen molar-refractivity contribution in [3.05, 3.63) is 23.9 Å². The molecule has 1 aromatic carbocycles. The first-order valence-electron chi connectivity index (χ1n) is 9.43. The molecule has 2 amide bonds. The summed E-state index contributed by atoms with van der Waals surface area (Å²) in [5.41, 5.74) is 2.19. The normalized spacial score (nSPS) is 17.4. The summed E-state index contributed by atoms with van der Waals surface area (Å²) in [5.74, 6) is -0.164. The van der Waals surface area contributed by atoms with Gasteiger partial charge in [-0.05, 0) is 59.2 Å². The van der Waals surface area contributed by atoms with Gasteiger partial charge in [-0.15, -0.1) is 0 Å². The molecule has 1 unspecified atom stereocenters. The standard InChI is InChI=1S/C20H28N4O3/c1-6-24(15-7-8-17-16(11-15)13(2)21-22-17)18(25)14-9-10-23(12-14)19(26)27-20(3,4)5/h7-8,11,14H,6,9-10,12H2,1-5H3,(H,21,22). The highest BCUT2D eigenvalue weighted by Gasteiger charge is 2.35. The van der Waals surface area contributed by atoms with E-state index in [-0.39, 0.29) is 17.9 Å². The molecule has 3 rings (SSSR count). The SMILES string of the molecule is CCN(C(=O)C1CCN(C(=O)OC(C)(C)C)C1)c1ccc2n[nH]c(C)c2c1. The third-order valence-electron chi connectivity index (χ3n) is 4.81. The number of carbonyl (C=O) groups is 2. The maximum absolute atomic E-state index is 13.1. The molecular formula is C20H28N4O3. The summed E-state index contributed by atoms with van der Waals surface area (Å²) in [6.45, 7) is 11.0. The average Bonchev–Trinajstić information content (AvgIpc) is 3.22. The fraction of sp³-hybridized carbons (Fsp3) is 0.550. The van der Waals surface area contributed by atoms with Gasteiger partial charge in [0.2, 0.25) is 5.91 Å². The van der Waals surface area contributed by atoms with Gasteiger partial charge in [-0.25, -0.2) is 4.79 Å². The minimum absolute atomic E-state index is 0.0454. The lowest BCUT2D eigenvalue weighted by Crippen LogP contribution is -2.39. The molecule has 146 valence electrons. The van der Waals surface area contributed by atoms with Gasteiger partial charge in [-0.3, -0.25) is 9.89 Å². The van der Waals surface area contributed by atoms with Crippen molar-refractivity contribution in [2.45, 2.75) is 46.6 Å². The number of aromatic amines is 1.